The minimum absolute atomic E-state index is 0.0534. The van der Waals surface area contributed by atoms with Gasteiger partial charge in [-0.05, 0) is 45.0 Å². The highest BCUT2D eigenvalue weighted by Gasteiger charge is 2.34. The lowest BCUT2D eigenvalue weighted by Gasteiger charge is -2.29. The van der Waals surface area contributed by atoms with Crippen molar-refractivity contribution in [2.75, 3.05) is 37.4 Å². The zero-order valence-corrected chi connectivity index (χ0v) is 21.7. The molecule has 0 unspecified atom stereocenters. The number of ether oxygens (including phenoxy) is 1. The largest absolute Gasteiger partial charge is 0.444 e. The van der Waals surface area contributed by atoms with Crippen LogP contribution in [0.1, 0.15) is 41.5 Å². The second kappa shape index (κ2) is 10.1. The molecule has 1 heterocycles. The molecular weight excluding hydrogens is 506 g/mol. The van der Waals surface area contributed by atoms with Gasteiger partial charge in [-0.25, -0.2) is 17.5 Å². The second-order valence-electron chi connectivity index (χ2n) is 9.26. The summed E-state index contributed by atoms with van der Waals surface area (Å²) in [5, 5.41) is 16.7. The summed E-state index contributed by atoms with van der Waals surface area (Å²) < 4.78 is 31.5. The van der Waals surface area contributed by atoms with E-state index in [1.54, 1.807) is 20.8 Å². The third kappa shape index (κ3) is 5.86. The van der Waals surface area contributed by atoms with Gasteiger partial charge in [0.05, 0.1) is 26.8 Å². The van der Waals surface area contributed by atoms with Crippen LogP contribution in [0.3, 0.4) is 0 Å². The van der Waals surface area contributed by atoms with Crippen LogP contribution in [0.2, 0.25) is 0 Å². The average Bonchev–Trinajstić information content (AvgIpc) is 2.79. The monoisotopic (exact) mass is 533 g/mol. The molecule has 13 nitrogen and oxygen atoms in total. The van der Waals surface area contributed by atoms with Crippen LogP contribution < -0.4 is 15.5 Å². The average molecular weight is 534 g/mol. The molecule has 0 bridgehead atoms. The number of nitro benzene ring substituents is 1. The number of nitro groups is 1. The van der Waals surface area contributed by atoms with E-state index in [1.165, 1.54) is 49.3 Å². The highest BCUT2D eigenvalue weighted by atomic mass is 32.2. The maximum Gasteiger partial charge on any atom is 0.407 e. The standard InChI is InChI=1S/C23H27N5O8S/c1-23(2,3)36-22(31)24-11-12-27-17-10-9-14(37(34,35)26(4)5)13-16(17)25-20(29)19-15(21(27)30)7-6-8-18(19)28(32)33/h6-10,13H,11-12H2,1-5H3,(H,24,31)(H,25,29). The Labute approximate surface area is 213 Å². The van der Waals surface area contributed by atoms with Crippen LogP contribution in [-0.4, -0.2) is 68.3 Å². The Morgan fingerprint density at radius 2 is 1.86 bits per heavy atom. The zero-order valence-electron chi connectivity index (χ0n) is 20.9. The molecule has 1 aliphatic heterocycles. The van der Waals surface area contributed by atoms with Crippen molar-refractivity contribution in [1.29, 1.82) is 0 Å². The van der Waals surface area contributed by atoms with Crippen molar-refractivity contribution in [3.05, 3.63) is 57.6 Å². The number of amides is 3. The molecule has 0 spiro atoms. The van der Waals surface area contributed by atoms with Gasteiger partial charge in [-0.2, -0.15) is 0 Å². The first-order chi connectivity index (χ1) is 17.1. The van der Waals surface area contributed by atoms with Gasteiger partial charge in [0.25, 0.3) is 17.5 Å². The predicted octanol–water partition coefficient (Wildman–Crippen LogP) is 2.58. The van der Waals surface area contributed by atoms with E-state index in [0.717, 1.165) is 10.4 Å². The lowest BCUT2D eigenvalue weighted by Crippen LogP contribution is -2.42. The van der Waals surface area contributed by atoms with Gasteiger partial charge in [0.1, 0.15) is 11.2 Å². The van der Waals surface area contributed by atoms with Gasteiger partial charge < -0.3 is 20.3 Å². The summed E-state index contributed by atoms with van der Waals surface area (Å²) in [5.41, 5.74) is -1.94. The maximum atomic E-state index is 13.6. The van der Waals surface area contributed by atoms with Crippen molar-refractivity contribution in [3.8, 4) is 0 Å². The molecule has 1 aliphatic rings. The summed E-state index contributed by atoms with van der Waals surface area (Å²) in [6.07, 6.45) is -0.719. The predicted molar refractivity (Wildman–Crippen MR) is 134 cm³/mol. The quantitative estimate of drug-likeness (QED) is 0.422. The van der Waals surface area contributed by atoms with Crippen LogP contribution in [0, 0.1) is 10.1 Å². The molecule has 2 aromatic carbocycles. The summed E-state index contributed by atoms with van der Waals surface area (Å²) in [5.74, 6) is -1.69. The highest BCUT2D eigenvalue weighted by molar-refractivity contribution is 7.89. The van der Waals surface area contributed by atoms with Crippen molar-refractivity contribution in [3.63, 3.8) is 0 Å². The molecule has 37 heavy (non-hydrogen) atoms. The van der Waals surface area contributed by atoms with Gasteiger partial charge in [0.2, 0.25) is 10.0 Å². The molecule has 2 N–H and O–H groups in total. The number of hydrogen-bond donors (Lipinski definition) is 2. The van der Waals surface area contributed by atoms with E-state index >= 15 is 0 Å². The van der Waals surface area contributed by atoms with E-state index < -0.39 is 49.7 Å². The second-order valence-corrected chi connectivity index (χ2v) is 11.4. The van der Waals surface area contributed by atoms with Crippen molar-refractivity contribution in [1.82, 2.24) is 9.62 Å². The number of nitrogens with zero attached hydrogens (tertiary/aromatic N) is 3. The Morgan fingerprint density at radius 3 is 2.46 bits per heavy atom. The highest BCUT2D eigenvalue weighted by Crippen LogP contribution is 2.35. The summed E-state index contributed by atoms with van der Waals surface area (Å²) >= 11 is 0. The summed E-state index contributed by atoms with van der Waals surface area (Å²) in [6, 6.07) is 7.46. The lowest BCUT2D eigenvalue weighted by atomic mass is 10.0. The van der Waals surface area contributed by atoms with Crippen LogP contribution in [0.15, 0.2) is 41.3 Å². The van der Waals surface area contributed by atoms with Crippen LogP contribution >= 0.6 is 0 Å². The Morgan fingerprint density at radius 1 is 1.19 bits per heavy atom. The number of carbonyl (C=O) groups is 3. The van der Waals surface area contributed by atoms with E-state index in [-0.39, 0.29) is 34.9 Å². The molecule has 0 atom stereocenters. The van der Waals surface area contributed by atoms with E-state index in [0.29, 0.717) is 0 Å². The smallest absolute Gasteiger partial charge is 0.407 e. The Balaban J connectivity index is 2.10. The first-order valence-electron chi connectivity index (χ1n) is 11.1. The Bertz CT molecular complexity index is 1380. The van der Waals surface area contributed by atoms with Gasteiger partial charge in [-0.15, -0.1) is 0 Å². The molecule has 0 aliphatic carbocycles. The first kappa shape index (κ1) is 27.5. The van der Waals surface area contributed by atoms with Crippen LogP contribution in [0.4, 0.5) is 21.9 Å². The number of benzene rings is 2. The van der Waals surface area contributed by atoms with E-state index in [2.05, 4.69) is 10.6 Å². The fourth-order valence-corrected chi connectivity index (χ4v) is 4.51. The van der Waals surface area contributed by atoms with Gasteiger partial charge in [-0.3, -0.25) is 19.7 Å². The lowest BCUT2D eigenvalue weighted by molar-refractivity contribution is -0.385. The van der Waals surface area contributed by atoms with Gasteiger partial charge >= 0.3 is 6.09 Å². The number of anilines is 2. The third-order valence-corrected chi connectivity index (χ3v) is 7.04. The molecule has 0 saturated heterocycles. The summed E-state index contributed by atoms with van der Waals surface area (Å²) in [7, 11) is -1.24. The van der Waals surface area contributed by atoms with Crippen molar-refractivity contribution >= 4 is 45.0 Å². The molecular formula is C23H27N5O8S. The normalized spacial score (nSPS) is 13.7. The fraction of sp³-hybridized carbons (Fsp3) is 0.348. The zero-order chi connectivity index (χ0) is 27.7. The summed E-state index contributed by atoms with van der Waals surface area (Å²) in [4.78, 5) is 50.7. The number of carbonyl (C=O) groups excluding carboxylic acids is 3. The number of hydrogen-bond acceptors (Lipinski definition) is 8. The van der Waals surface area contributed by atoms with E-state index in [1.807, 2.05) is 0 Å². The number of nitrogens with one attached hydrogen (secondary N) is 2. The fourth-order valence-electron chi connectivity index (χ4n) is 3.58. The van der Waals surface area contributed by atoms with Crippen molar-refractivity contribution in [2.45, 2.75) is 31.3 Å². The van der Waals surface area contributed by atoms with Crippen LogP contribution in [0.25, 0.3) is 0 Å². The van der Waals surface area contributed by atoms with Gasteiger partial charge in [0, 0.05) is 33.3 Å². The molecule has 0 saturated carbocycles. The molecule has 198 valence electrons. The van der Waals surface area contributed by atoms with E-state index in [4.69, 9.17) is 4.74 Å². The molecule has 3 amide bonds. The minimum Gasteiger partial charge on any atom is -0.444 e. The maximum absolute atomic E-state index is 13.6. The number of alkyl carbamates (subject to hydrolysis) is 1. The SMILES string of the molecule is CN(C)S(=O)(=O)c1ccc2c(c1)NC(=O)c1c(cccc1[N+](=O)[O-])C(=O)N2CCNC(=O)OC(C)(C)C. The molecule has 2 aromatic rings. The number of rotatable bonds is 6. The third-order valence-electron chi connectivity index (χ3n) is 5.23. The molecule has 0 fully saturated rings. The first-order valence-corrected chi connectivity index (χ1v) is 12.5. The number of sulfonamides is 1. The summed E-state index contributed by atoms with van der Waals surface area (Å²) in [6.45, 7) is 4.88. The van der Waals surface area contributed by atoms with Crippen molar-refractivity contribution in [2.24, 2.45) is 0 Å². The van der Waals surface area contributed by atoms with Crippen molar-refractivity contribution < 1.29 is 32.5 Å². The molecule has 14 heteroatoms. The van der Waals surface area contributed by atoms with Crippen LogP contribution in [-0.2, 0) is 14.8 Å². The number of fused-ring (bicyclic) bond motifs is 2. The Hall–Kier alpha value is -4.04. The molecule has 0 radical (unpaired) electrons. The topological polar surface area (TPSA) is 168 Å². The molecule has 3 rings (SSSR count). The van der Waals surface area contributed by atoms with Gasteiger partial charge in [0.15, 0.2) is 0 Å². The van der Waals surface area contributed by atoms with Gasteiger partial charge in [-0.1, -0.05) is 6.07 Å². The minimum atomic E-state index is -3.91. The van der Waals surface area contributed by atoms with E-state index in [9.17, 15) is 32.9 Å². The Kier molecular flexibility index (Phi) is 7.55. The van der Waals surface area contributed by atoms with Crippen LogP contribution in [0.5, 0.6) is 0 Å². The molecule has 0 aromatic heterocycles.